The van der Waals surface area contributed by atoms with E-state index in [0.29, 0.717) is 17.4 Å². The first-order chi connectivity index (χ1) is 33.5. The van der Waals surface area contributed by atoms with Crippen molar-refractivity contribution < 1.29 is 32.9 Å². The number of allylic oxidation sites excluding steroid dienone is 5. The summed E-state index contributed by atoms with van der Waals surface area (Å²) in [7, 11) is 1.56. The molecular weight excluding hydrogens is 876 g/mol. The minimum atomic E-state index is -4.36. The smallest absolute Gasteiger partial charge is 0.387 e. The quantitative estimate of drug-likeness (QED) is 0.0243. The number of quaternary nitrogens is 1. The lowest BCUT2D eigenvalue weighted by atomic mass is 10.0. The van der Waals surface area contributed by atoms with Crippen molar-refractivity contribution in [3.05, 3.63) is 36.5 Å². The number of amides is 1. The molecule has 0 aromatic rings. The Morgan fingerprint density at radius 1 is 0.478 bits per heavy atom. The van der Waals surface area contributed by atoms with Crippen LogP contribution in [0.4, 0.5) is 0 Å². The number of aliphatic hydroxyl groups is 1. The lowest BCUT2D eigenvalue weighted by molar-refractivity contribution is -0.870. The van der Waals surface area contributed by atoms with Crippen molar-refractivity contribution in [2.75, 3.05) is 40.9 Å². The summed E-state index contributed by atoms with van der Waals surface area (Å²) in [5.41, 5.74) is 0. The zero-order valence-corrected chi connectivity index (χ0v) is 47.5. The third kappa shape index (κ3) is 54.3. The third-order valence-electron chi connectivity index (χ3n) is 13.6. The van der Waals surface area contributed by atoms with Gasteiger partial charge in [-0.25, -0.2) is 4.57 Å². The van der Waals surface area contributed by atoms with Crippen molar-refractivity contribution in [3.63, 3.8) is 0 Å². The molecule has 1 amide bonds. The van der Waals surface area contributed by atoms with Gasteiger partial charge in [0.2, 0.25) is 5.91 Å². The van der Waals surface area contributed by atoms with Gasteiger partial charge in [0.1, 0.15) is 13.2 Å². The van der Waals surface area contributed by atoms with Gasteiger partial charge in [-0.05, 0) is 57.8 Å². The van der Waals surface area contributed by atoms with Crippen molar-refractivity contribution >= 4 is 13.7 Å². The molecule has 0 rings (SSSR count). The Labute approximate surface area is 429 Å². The summed E-state index contributed by atoms with van der Waals surface area (Å²) in [6.45, 7) is 4.82. The highest BCUT2D eigenvalue weighted by Crippen LogP contribution is 2.43. The molecule has 0 aliphatic rings. The molecule has 408 valence electrons. The standard InChI is InChI=1S/C60H117N2O6P/c1-6-8-10-12-14-16-18-20-22-24-25-26-27-28-29-30-31-32-33-34-35-36-38-39-41-43-45-47-49-51-53-59(63)58(57-68-69(65,66)67-56-55-62(3,4)5)61-60(64)54-52-50-48-46-44-42-40-37-23-21-19-17-15-13-11-9-7-2/h21,23,43,45,51,53,58-59,63H,6-20,22,24-42,44,46-50,52,54-57H2,1-5H3,(H-,61,64,65,66)/p+1/b23-21-,45-43+,53-51+. The highest BCUT2D eigenvalue weighted by molar-refractivity contribution is 7.47. The van der Waals surface area contributed by atoms with E-state index in [-0.39, 0.29) is 19.1 Å². The molecule has 0 aromatic heterocycles. The monoisotopic (exact) mass is 994 g/mol. The molecule has 0 bridgehead atoms. The molecule has 9 heteroatoms. The molecule has 3 unspecified atom stereocenters. The number of hydrogen-bond acceptors (Lipinski definition) is 5. The Bertz CT molecular complexity index is 1220. The molecule has 3 N–H and O–H groups in total. The van der Waals surface area contributed by atoms with E-state index in [9.17, 15) is 19.4 Å². The van der Waals surface area contributed by atoms with Crippen LogP contribution in [0.3, 0.4) is 0 Å². The average Bonchev–Trinajstić information content (AvgIpc) is 3.31. The molecule has 0 saturated carbocycles. The van der Waals surface area contributed by atoms with E-state index in [2.05, 4.69) is 43.5 Å². The largest absolute Gasteiger partial charge is 0.472 e. The number of hydrogen-bond donors (Lipinski definition) is 3. The zero-order valence-electron chi connectivity index (χ0n) is 46.6. The first-order valence-electron chi connectivity index (χ1n) is 29.9. The fourth-order valence-electron chi connectivity index (χ4n) is 8.88. The minimum absolute atomic E-state index is 0.0559. The fraction of sp³-hybridized carbons (Fsp3) is 0.883. The fourth-order valence-corrected chi connectivity index (χ4v) is 9.61. The van der Waals surface area contributed by atoms with Crippen LogP contribution in [0.15, 0.2) is 36.5 Å². The maximum Gasteiger partial charge on any atom is 0.472 e. The predicted molar refractivity (Wildman–Crippen MR) is 300 cm³/mol. The van der Waals surface area contributed by atoms with Gasteiger partial charge in [-0.15, -0.1) is 0 Å². The maximum absolute atomic E-state index is 13.0. The van der Waals surface area contributed by atoms with Crippen LogP contribution in [-0.2, 0) is 18.4 Å². The van der Waals surface area contributed by atoms with Gasteiger partial charge in [-0.1, -0.05) is 262 Å². The maximum atomic E-state index is 13.0. The molecule has 69 heavy (non-hydrogen) atoms. The van der Waals surface area contributed by atoms with Crippen LogP contribution in [0, 0.1) is 0 Å². The van der Waals surface area contributed by atoms with Crippen LogP contribution in [0.1, 0.15) is 290 Å². The van der Waals surface area contributed by atoms with E-state index in [4.69, 9.17) is 9.05 Å². The van der Waals surface area contributed by atoms with E-state index in [0.717, 1.165) is 38.5 Å². The van der Waals surface area contributed by atoms with Crippen molar-refractivity contribution in [2.24, 2.45) is 0 Å². The Morgan fingerprint density at radius 3 is 1.16 bits per heavy atom. The van der Waals surface area contributed by atoms with Crippen LogP contribution in [0.5, 0.6) is 0 Å². The summed E-state index contributed by atoms with van der Waals surface area (Å²) in [5.74, 6) is -0.189. The van der Waals surface area contributed by atoms with Gasteiger partial charge >= 0.3 is 7.82 Å². The number of carbonyl (C=O) groups excluding carboxylic acids is 1. The van der Waals surface area contributed by atoms with Crippen molar-refractivity contribution in [1.29, 1.82) is 0 Å². The summed E-state index contributed by atoms with van der Waals surface area (Å²) < 4.78 is 23.7. The summed E-state index contributed by atoms with van der Waals surface area (Å²) in [5, 5.41) is 13.9. The number of carbonyl (C=O) groups is 1. The number of rotatable bonds is 55. The van der Waals surface area contributed by atoms with E-state index in [1.807, 2.05) is 27.2 Å². The molecule has 0 fully saturated rings. The molecule has 0 aliphatic carbocycles. The first-order valence-corrected chi connectivity index (χ1v) is 31.4. The number of unbranched alkanes of at least 4 members (excludes halogenated alkanes) is 38. The second-order valence-corrected chi connectivity index (χ2v) is 23.2. The van der Waals surface area contributed by atoms with Crippen molar-refractivity contribution in [2.45, 2.75) is 302 Å². The normalized spacial score (nSPS) is 14.1. The van der Waals surface area contributed by atoms with Crippen LogP contribution in [0.25, 0.3) is 0 Å². The number of phosphoric acid groups is 1. The molecular formula is C60H118N2O6P+. The van der Waals surface area contributed by atoms with E-state index in [1.165, 1.54) is 231 Å². The summed E-state index contributed by atoms with van der Waals surface area (Å²) in [6, 6.07) is -0.865. The van der Waals surface area contributed by atoms with Gasteiger partial charge in [0.15, 0.2) is 0 Å². The number of nitrogens with zero attached hydrogens (tertiary/aromatic N) is 1. The van der Waals surface area contributed by atoms with Crippen molar-refractivity contribution in [1.82, 2.24) is 5.32 Å². The highest BCUT2D eigenvalue weighted by Gasteiger charge is 2.27. The third-order valence-corrected chi connectivity index (χ3v) is 14.6. The SMILES string of the molecule is CCCCCCCC/C=C\CCCCCCCCCC(=O)NC(COP(=O)(O)OCC[N+](C)(C)C)C(O)/C=C/CC/C=C/CCCCCCCCCCCCCCCCCCCCCCCCCC. The second-order valence-electron chi connectivity index (χ2n) is 21.7. The molecule has 0 spiro atoms. The van der Waals surface area contributed by atoms with E-state index >= 15 is 0 Å². The number of phosphoric ester groups is 1. The summed E-state index contributed by atoms with van der Waals surface area (Å²) in [6.07, 6.45) is 66.9. The molecule has 8 nitrogen and oxygen atoms in total. The number of likely N-dealkylation sites (N-methyl/N-ethyl adjacent to an activating group) is 1. The first kappa shape index (κ1) is 67.7. The van der Waals surface area contributed by atoms with Crippen LogP contribution in [-0.4, -0.2) is 73.4 Å². The van der Waals surface area contributed by atoms with E-state index in [1.54, 1.807) is 6.08 Å². The highest BCUT2D eigenvalue weighted by atomic mass is 31.2. The Hall–Kier alpha value is -1.28. The lowest BCUT2D eigenvalue weighted by Crippen LogP contribution is -2.45. The Kier molecular flexibility index (Phi) is 50.7. The molecule has 0 saturated heterocycles. The molecule has 0 radical (unpaired) electrons. The number of nitrogens with one attached hydrogen (secondary N) is 1. The topological polar surface area (TPSA) is 105 Å². The second kappa shape index (κ2) is 51.6. The Morgan fingerprint density at radius 2 is 0.797 bits per heavy atom. The van der Waals surface area contributed by atoms with Crippen LogP contribution in [0.2, 0.25) is 0 Å². The van der Waals surface area contributed by atoms with Gasteiger partial charge in [0, 0.05) is 6.42 Å². The van der Waals surface area contributed by atoms with Gasteiger partial charge < -0.3 is 19.8 Å². The zero-order chi connectivity index (χ0) is 50.6. The summed E-state index contributed by atoms with van der Waals surface area (Å²) >= 11 is 0. The van der Waals surface area contributed by atoms with E-state index < -0.39 is 20.0 Å². The average molecular weight is 995 g/mol. The minimum Gasteiger partial charge on any atom is -0.387 e. The molecule has 0 heterocycles. The van der Waals surface area contributed by atoms with Gasteiger partial charge in [0.05, 0.1) is 39.9 Å². The lowest BCUT2D eigenvalue weighted by Gasteiger charge is -2.25. The molecule has 0 aliphatic heterocycles. The molecule has 3 atom stereocenters. The number of aliphatic hydroxyl groups excluding tert-OH is 1. The Balaban J connectivity index is 4.17. The predicted octanol–water partition coefficient (Wildman–Crippen LogP) is 18.2. The van der Waals surface area contributed by atoms with Crippen molar-refractivity contribution in [3.8, 4) is 0 Å². The summed E-state index contributed by atoms with van der Waals surface area (Å²) in [4.78, 5) is 23.3. The van der Waals surface area contributed by atoms with Crippen LogP contribution >= 0.6 is 7.82 Å². The van der Waals surface area contributed by atoms with Gasteiger partial charge in [-0.3, -0.25) is 13.8 Å². The van der Waals surface area contributed by atoms with Crippen LogP contribution < -0.4 is 5.32 Å². The van der Waals surface area contributed by atoms with Gasteiger partial charge in [0.25, 0.3) is 0 Å². The molecule has 0 aromatic carbocycles. The van der Waals surface area contributed by atoms with Gasteiger partial charge in [-0.2, -0.15) is 0 Å².